The van der Waals surface area contributed by atoms with Gasteiger partial charge in [-0.15, -0.1) is 0 Å². The summed E-state index contributed by atoms with van der Waals surface area (Å²) in [6, 6.07) is 13.9. The van der Waals surface area contributed by atoms with Crippen LogP contribution in [0.2, 0.25) is 0 Å². The highest BCUT2D eigenvalue weighted by Gasteiger charge is 2.41. The number of ether oxygens (including phenoxy) is 1. The third-order valence-corrected chi connectivity index (χ3v) is 6.61. The molecule has 0 radical (unpaired) electrons. The number of likely N-dealkylation sites (N-methyl/N-ethyl adjacent to an activating group) is 1. The number of benzene rings is 1. The van der Waals surface area contributed by atoms with E-state index in [-0.39, 0.29) is 0 Å². The molecule has 2 fully saturated rings. The second-order valence-electron chi connectivity index (χ2n) is 7.56. The highest BCUT2D eigenvalue weighted by Crippen LogP contribution is 2.33. The Balaban J connectivity index is 1.24. The van der Waals surface area contributed by atoms with Crippen LogP contribution in [0.3, 0.4) is 0 Å². The highest BCUT2D eigenvalue weighted by atomic mass is 32.1. The first kappa shape index (κ1) is 17.1. The van der Waals surface area contributed by atoms with Crippen molar-refractivity contribution in [2.75, 3.05) is 19.6 Å². The van der Waals surface area contributed by atoms with E-state index in [1.54, 1.807) is 0 Å². The normalized spacial score (nSPS) is 22.7. The zero-order valence-corrected chi connectivity index (χ0v) is 16.6. The molecular weight excluding hydrogens is 356 g/mol. The average Bonchev–Trinajstić information content (AvgIpc) is 3.36. The molecule has 0 spiro atoms. The van der Waals surface area contributed by atoms with Crippen LogP contribution in [0.5, 0.6) is 10.9 Å². The second-order valence-corrected chi connectivity index (χ2v) is 8.50. The molecular formula is C21H24N4OS. The van der Waals surface area contributed by atoms with E-state index >= 15 is 0 Å². The van der Waals surface area contributed by atoms with Gasteiger partial charge in [0.25, 0.3) is 5.19 Å². The number of pyridine rings is 1. The lowest BCUT2D eigenvalue weighted by Crippen LogP contribution is -2.45. The molecule has 3 aromatic rings. The van der Waals surface area contributed by atoms with E-state index in [1.165, 1.54) is 43.0 Å². The first-order valence-corrected chi connectivity index (χ1v) is 10.5. The van der Waals surface area contributed by atoms with Crippen LogP contribution in [0, 0.1) is 6.92 Å². The fourth-order valence-corrected chi connectivity index (χ4v) is 5.20. The molecule has 5 nitrogen and oxygen atoms in total. The van der Waals surface area contributed by atoms with Gasteiger partial charge in [0.15, 0.2) is 0 Å². The van der Waals surface area contributed by atoms with E-state index in [4.69, 9.17) is 4.74 Å². The summed E-state index contributed by atoms with van der Waals surface area (Å²) in [5.41, 5.74) is 3.24. The van der Waals surface area contributed by atoms with Crippen molar-refractivity contribution in [3.63, 3.8) is 0 Å². The van der Waals surface area contributed by atoms with Crippen LogP contribution in [-0.2, 0) is 6.54 Å². The highest BCUT2D eigenvalue weighted by molar-refractivity contribution is 7.19. The van der Waals surface area contributed by atoms with Gasteiger partial charge in [0.2, 0.25) is 0 Å². The van der Waals surface area contributed by atoms with E-state index in [2.05, 4.69) is 38.8 Å². The van der Waals surface area contributed by atoms with Crippen LogP contribution in [0.25, 0.3) is 10.3 Å². The summed E-state index contributed by atoms with van der Waals surface area (Å²) in [6.45, 7) is 8.91. The Hall–Kier alpha value is -2.02. The summed E-state index contributed by atoms with van der Waals surface area (Å²) < 4.78 is 5.95. The molecule has 2 aliphatic heterocycles. The molecule has 5 rings (SSSR count). The number of hydrogen-bond acceptors (Lipinski definition) is 6. The van der Waals surface area contributed by atoms with Gasteiger partial charge in [-0.3, -0.25) is 9.80 Å². The summed E-state index contributed by atoms with van der Waals surface area (Å²) >= 11 is 1.49. The third-order valence-electron chi connectivity index (χ3n) is 5.76. The minimum absolute atomic E-state index is 0.646. The fraction of sp³-hybridized carbons (Fsp3) is 0.429. The van der Waals surface area contributed by atoms with Gasteiger partial charge in [0, 0.05) is 37.4 Å². The van der Waals surface area contributed by atoms with E-state index in [0.717, 1.165) is 40.4 Å². The number of aromatic nitrogens is 2. The maximum absolute atomic E-state index is 5.95. The molecule has 27 heavy (non-hydrogen) atoms. The Labute approximate surface area is 163 Å². The van der Waals surface area contributed by atoms with Gasteiger partial charge in [-0.2, -0.15) is 0 Å². The maximum atomic E-state index is 5.95. The molecule has 2 bridgehead atoms. The van der Waals surface area contributed by atoms with Crippen molar-refractivity contribution in [3.05, 3.63) is 47.7 Å². The van der Waals surface area contributed by atoms with Gasteiger partial charge in [0.05, 0.1) is 0 Å². The van der Waals surface area contributed by atoms with E-state index in [0.29, 0.717) is 5.19 Å². The van der Waals surface area contributed by atoms with Crippen molar-refractivity contribution in [2.24, 2.45) is 0 Å². The maximum Gasteiger partial charge on any atom is 0.281 e. The zero-order chi connectivity index (χ0) is 18.4. The fourth-order valence-electron chi connectivity index (χ4n) is 4.34. The molecule has 0 saturated carbocycles. The Bertz CT molecular complexity index is 954. The monoisotopic (exact) mass is 380 g/mol. The van der Waals surface area contributed by atoms with Gasteiger partial charge in [-0.05, 0) is 49.7 Å². The lowest BCUT2D eigenvalue weighted by molar-refractivity contribution is 0.127. The van der Waals surface area contributed by atoms with E-state index < -0.39 is 0 Å². The lowest BCUT2D eigenvalue weighted by Gasteiger charge is -2.33. The molecule has 0 amide bonds. The molecule has 0 aliphatic carbocycles. The van der Waals surface area contributed by atoms with Gasteiger partial charge in [-0.1, -0.05) is 30.4 Å². The molecule has 2 saturated heterocycles. The summed E-state index contributed by atoms with van der Waals surface area (Å²) in [5, 5.41) is 0.646. The van der Waals surface area contributed by atoms with Gasteiger partial charge in [0.1, 0.15) is 16.1 Å². The van der Waals surface area contributed by atoms with Gasteiger partial charge in [-0.25, -0.2) is 9.97 Å². The number of likely N-dealkylation sites (tertiary alicyclic amines) is 2. The summed E-state index contributed by atoms with van der Waals surface area (Å²) in [4.78, 5) is 15.2. The van der Waals surface area contributed by atoms with Crippen molar-refractivity contribution >= 4 is 21.7 Å². The van der Waals surface area contributed by atoms with Crippen molar-refractivity contribution in [1.29, 1.82) is 0 Å². The number of nitrogens with zero attached hydrogens (tertiary/aromatic N) is 4. The van der Waals surface area contributed by atoms with Crippen LogP contribution >= 0.6 is 11.3 Å². The molecule has 0 unspecified atom stereocenters. The number of piperazine rings is 1. The van der Waals surface area contributed by atoms with E-state index in [9.17, 15) is 0 Å². The number of hydrogen-bond donors (Lipinski definition) is 0. The van der Waals surface area contributed by atoms with Crippen molar-refractivity contribution in [2.45, 2.75) is 38.9 Å². The van der Waals surface area contributed by atoms with Crippen LogP contribution in [0.15, 0.2) is 36.4 Å². The number of fused-ring (bicyclic) bond motifs is 3. The van der Waals surface area contributed by atoms with Crippen molar-refractivity contribution < 1.29 is 4.74 Å². The molecule has 2 aliphatic rings. The Kier molecular flexibility index (Phi) is 4.34. The summed E-state index contributed by atoms with van der Waals surface area (Å²) in [6.07, 6.45) is 1.33. The Morgan fingerprint density at radius 1 is 1.04 bits per heavy atom. The van der Waals surface area contributed by atoms with Crippen LogP contribution < -0.4 is 4.74 Å². The van der Waals surface area contributed by atoms with Gasteiger partial charge < -0.3 is 4.74 Å². The van der Waals surface area contributed by atoms with Crippen LogP contribution in [0.1, 0.15) is 24.6 Å². The summed E-state index contributed by atoms with van der Waals surface area (Å²) in [5.74, 6) is 0.828. The predicted octanol–water partition coefficient (Wildman–Crippen LogP) is 4.07. The minimum Gasteiger partial charge on any atom is -0.431 e. The van der Waals surface area contributed by atoms with Crippen LogP contribution in [0.4, 0.5) is 0 Å². The Morgan fingerprint density at radius 2 is 1.81 bits per heavy atom. The first-order valence-electron chi connectivity index (χ1n) is 9.67. The molecule has 2 atom stereocenters. The standard InChI is InChI=1S/C21H24N4OS/c1-3-24-12-17-10-16(24)13-25(17)11-15-5-7-18(8-6-15)26-21-23-19-9-4-14(2)22-20(19)27-21/h4-9,16-17H,3,10-13H2,1-2H3/t16-,17-/m0/s1. The molecule has 6 heteroatoms. The quantitative estimate of drug-likeness (QED) is 0.667. The zero-order valence-electron chi connectivity index (χ0n) is 15.8. The predicted molar refractivity (Wildman–Crippen MR) is 109 cm³/mol. The second kappa shape index (κ2) is 6.86. The number of aryl methyl sites for hydroxylation is 1. The topological polar surface area (TPSA) is 41.5 Å². The first-order chi connectivity index (χ1) is 13.2. The van der Waals surface area contributed by atoms with E-state index in [1.807, 2.05) is 31.2 Å². The SMILES string of the molecule is CCN1C[C@@H]2C[C@H]1CN2Cc1ccc(Oc2nc3ccc(C)nc3s2)cc1. The van der Waals surface area contributed by atoms with Gasteiger partial charge >= 0.3 is 0 Å². The summed E-state index contributed by atoms with van der Waals surface area (Å²) in [7, 11) is 0. The molecule has 2 aromatic heterocycles. The smallest absolute Gasteiger partial charge is 0.281 e. The number of rotatable bonds is 5. The molecule has 1 aromatic carbocycles. The van der Waals surface area contributed by atoms with Crippen LogP contribution in [-0.4, -0.2) is 51.5 Å². The largest absolute Gasteiger partial charge is 0.431 e. The van der Waals surface area contributed by atoms with Crippen molar-refractivity contribution in [3.8, 4) is 10.9 Å². The average molecular weight is 381 g/mol. The molecule has 0 N–H and O–H groups in total. The minimum atomic E-state index is 0.646. The Morgan fingerprint density at radius 3 is 2.56 bits per heavy atom. The third kappa shape index (κ3) is 3.33. The van der Waals surface area contributed by atoms with Crippen molar-refractivity contribution in [1.82, 2.24) is 19.8 Å². The lowest BCUT2D eigenvalue weighted by atomic mass is 10.2. The number of thiazole rings is 1. The molecule has 140 valence electrons. The molecule has 4 heterocycles.